The van der Waals surface area contributed by atoms with Crippen molar-refractivity contribution in [2.24, 2.45) is 0 Å². The number of anilines is 2. The lowest BCUT2D eigenvalue weighted by Crippen LogP contribution is -2.12. The van der Waals surface area contributed by atoms with Gasteiger partial charge < -0.3 is 10.6 Å². The van der Waals surface area contributed by atoms with Crippen LogP contribution in [0.2, 0.25) is 10.0 Å². The second-order valence-corrected chi connectivity index (χ2v) is 8.10. The van der Waals surface area contributed by atoms with E-state index < -0.39 is 0 Å². The van der Waals surface area contributed by atoms with Crippen molar-refractivity contribution in [2.75, 3.05) is 10.6 Å². The van der Waals surface area contributed by atoms with Gasteiger partial charge in [-0.3, -0.25) is 9.59 Å². The van der Waals surface area contributed by atoms with Crippen molar-refractivity contribution in [3.05, 3.63) is 93.3 Å². The summed E-state index contributed by atoms with van der Waals surface area (Å²) in [7, 11) is 0. The fraction of sp³-hybridized carbons (Fsp3) is 0. The van der Waals surface area contributed by atoms with Crippen LogP contribution in [0.3, 0.4) is 0 Å². The Hall–Kier alpha value is -2.86. The summed E-state index contributed by atoms with van der Waals surface area (Å²) in [5, 5.41) is 7.45. The van der Waals surface area contributed by atoms with Gasteiger partial charge >= 0.3 is 0 Å². The Bertz CT molecular complexity index is 1200. The molecule has 0 radical (unpaired) electrons. The van der Waals surface area contributed by atoms with Crippen LogP contribution < -0.4 is 10.6 Å². The largest absolute Gasteiger partial charge is 0.322 e. The molecule has 0 aliphatic carbocycles. The van der Waals surface area contributed by atoms with Crippen LogP contribution in [-0.4, -0.2) is 11.8 Å². The molecular weight excluding hydrogens is 427 g/mol. The van der Waals surface area contributed by atoms with E-state index >= 15 is 0 Å². The van der Waals surface area contributed by atoms with Crippen LogP contribution in [-0.2, 0) is 0 Å². The second-order valence-electron chi connectivity index (χ2n) is 6.24. The molecule has 4 aromatic rings. The molecule has 144 valence electrons. The lowest BCUT2D eigenvalue weighted by atomic mass is 10.2. The number of nitrogens with one attached hydrogen (secondary N) is 2. The van der Waals surface area contributed by atoms with Gasteiger partial charge in [0, 0.05) is 32.0 Å². The molecule has 3 aromatic carbocycles. The highest BCUT2D eigenvalue weighted by Crippen LogP contribution is 2.37. The lowest BCUT2D eigenvalue weighted by Gasteiger charge is -2.08. The molecule has 7 heteroatoms. The Balaban J connectivity index is 1.47. The molecule has 29 heavy (non-hydrogen) atoms. The monoisotopic (exact) mass is 440 g/mol. The van der Waals surface area contributed by atoms with Crippen molar-refractivity contribution >= 4 is 67.8 Å². The number of hydrogen-bond acceptors (Lipinski definition) is 3. The quantitative estimate of drug-likeness (QED) is 0.370. The number of thiophene rings is 1. The molecule has 0 saturated carbocycles. The summed E-state index contributed by atoms with van der Waals surface area (Å²) in [6.45, 7) is 0. The van der Waals surface area contributed by atoms with Gasteiger partial charge in [0.05, 0.1) is 5.02 Å². The Labute approximate surface area is 181 Å². The van der Waals surface area contributed by atoms with Gasteiger partial charge in [0.15, 0.2) is 0 Å². The zero-order valence-corrected chi connectivity index (χ0v) is 17.2. The van der Waals surface area contributed by atoms with Gasteiger partial charge in [-0.1, -0.05) is 47.5 Å². The maximum Gasteiger partial charge on any atom is 0.267 e. The molecule has 1 aromatic heterocycles. The molecule has 0 saturated heterocycles. The fourth-order valence-corrected chi connectivity index (χ4v) is 4.49. The van der Waals surface area contributed by atoms with Gasteiger partial charge in [-0.05, 0) is 48.5 Å². The molecule has 0 bridgehead atoms. The number of halogens is 2. The molecule has 4 rings (SSSR count). The van der Waals surface area contributed by atoms with Gasteiger partial charge in [0.25, 0.3) is 11.8 Å². The highest BCUT2D eigenvalue weighted by Gasteiger charge is 2.17. The maximum absolute atomic E-state index is 12.6. The van der Waals surface area contributed by atoms with Gasteiger partial charge in [0.1, 0.15) is 4.88 Å². The molecule has 0 aliphatic rings. The lowest BCUT2D eigenvalue weighted by molar-refractivity contribution is 0.102. The fourth-order valence-electron chi connectivity index (χ4n) is 2.80. The third-order valence-electron chi connectivity index (χ3n) is 4.23. The van der Waals surface area contributed by atoms with Crippen LogP contribution in [0.15, 0.2) is 72.8 Å². The van der Waals surface area contributed by atoms with Gasteiger partial charge in [-0.15, -0.1) is 11.3 Å². The standard InChI is InChI=1S/C22H14Cl2N2O2S/c23-14-6-11-17-18(12-14)29-20(19(17)24)22(28)26-16-9-7-15(8-10-16)25-21(27)13-4-2-1-3-5-13/h1-12H,(H,25,27)(H,26,28). The van der Waals surface area contributed by atoms with Crippen molar-refractivity contribution in [1.82, 2.24) is 0 Å². The van der Waals surface area contributed by atoms with Gasteiger partial charge in [-0.2, -0.15) is 0 Å². The molecule has 2 N–H and O–H groups in total. The SMILES string of the molecule is O=C(Nc1ccc(NC(=O)c2sc3cc(Cl)ccc3c2Cl)cc1)c1ccccc1. The second kappa shape index (κ2) is 8.25. The highest BCUT2D eigenvalue weighted by molar-refractivity contribution is 7.21. The average Bonchev–Trinajstić information content (AvgIpc) is 3.06. The number of rotatable bonds is 4. The number of amides is 2. The van der Waals surface area contributed by atoms with Crippen molar-refractivity contribution in [1.29, 1.82) is 0 Å². The van der Waals surface area contributed by atoms with E-state index in [0.29, 0.717) is 31.9 Å². The minimum absolute atomic E-state index is 0.196. The number of carbonyl (C=O) groups is 2. The maximum atomic E-state index is 12.6. The summed E-state index contributed by atoms with van der Waals surface area (Å²) in [6, 6.07) is 21.2. The van der Waals surface area contributed by atoms with Crippen molar-refractivity contribution < 1.29 is 9.59 Å². The first-order chi connectivity index (χ1) is 14.0. The van der Waals surface area contributed by atoms with Crippen molar-refractivity contribution in [3.63, 3.8) is 0 Å². The Morgan fingerprint density at radius 3 is 2.03 bits per heavy atom. The van der Waals surface area contributed by atoms with Crippen LogP contribution in [0.1, 0.15) is 20.0 Å². The predicted octanol–water partition coefficient (Wildman–Crippen LogP) is 6.71. The molecule has 0 unspecified atom stereocenters. The summed E-state index contributed by atoms with van der Waals surface area (Å²) in [5.74, 6) is -0.494. The minimum Gasteiger partial charge on any atom is -0.322 e. The Morgan fingerprint density at radius 2 is 1.38 bits per heavy atom. The molecule has 0 aliphatic heterocycles. The van der Waals surface area contributed by atoms with Gasteiger partial charge in [-0.25, -0.2) is 0 Å². The smallest absolute Gasteiger partial charge is 0.267 e. The molecular formula is C22H14Cl2N2O2S. The summed E-state index contributed by atoms with van der Waals surface area (Å²) in [4.78, 5) is 25.3. The molecule has 4 nitrogen and oxygen atoms in total. The van der Waals surface area contributed by atoms with E-state index in [1.54, 1.807) is 66.7 Å². The number of carbonyl (C=O) groups excluding carboxylic acids is 2. The van der Waals surface area contributed by atoms with E-state index in [4.69, 9.17) is 23.2 Å². The third-order valence-corrected chi connectivity index (χ3v) is 6.13. The minimum atomic E-state index is -0.298. The van der Waals surface area contributed by atoms with E-state index in [9.17, 15) is 9.59 Å². The van der Waals surface area contributed by atoms with Crippen molar-refractivity contribution in [2.45, 2.75) is 0 Å². The van der Waals surface area contributed by atoms with Crippen LogP contribution in [0.25, 0.3) is 10.1 Å². The highest BCUT2D eigenvalue weighted by atomic mass is 35.5. The van der Waals surface area contributed by atoms with Crippen LogP contribution in [0.4, 0.5) is 11.4 Å². The first-order valence-corrected chi connectivity index (χ1v) is 10.2. The predicted molar refractivity (Wildman–Crippen MR) is 121 cm³/mol. The Kier molecular flexibility index (Phi) is 5.53. The molecule has 0 atom stereocenters. The number of hydrogen-bond donors (Lipinski definition) is 2. The van der Waals surface area contributed by atoms with Gasteiger partial charge in [0.2, 0.25) is 0 Å². The van der Waals surface area contributed by atoms with Crippen LogP contribution in [0, 0.1) is 0 Å². The first kappa shape index (κ1) is 19.5. The molecule has 1 heterocycles. The van der Waals surface area contributed by atoms with Crippen LogP contribution >= 0.6 is 34.5 Å². The van der Waals surface area contributed by atoms with E-state index in [2.05, 4.69) is 10.6 Å². The molecule has 0 fully saturated rings. The number of benzene rings is 3. The van der Waals surface area contributed by atoms with Crippen molar-refractivity contribution in [3.8, 4) is 0 Å². The summed E-state index contributed by atoms with van der Waals surface area (Å²) in [6.07, 6.45) is 0. The summed E-state index contributed by atoms with van der Waals surface area (Å²) in [5.41, 5.74) is 1.80. The van der Waals surface area contributed by atoms with E-state index in [0.717, 1.165) is 10.1 Å². The summed E-state index contributed by atoms with van der Waals surface area (Å²) >= 11 is 13.7. The zero-order valence-electron chi connectivity index (χ0n) is 14.9. The summed E-state index contributed by atoms with van der Waals surface area (Å²) < 4.78 is 0.853. The van der Waals surface area contributed by atoms with E-state index in [1.165, 1.54) is 11.3 Å². The average molecular weight is 441 g/mol. The normalized spacial score (nSPS) is 10.7. The third kappa shape index (κ3) is 4.27. The molecule has 2 amide bonds. The van der Waals surface area contributed by atoms with E-state index in [-0.39, 0.29) is 11.8 Å². The topological polar surface area (TPSA) is 58.2 Å². The zero-order chi connectivity index (χ0) is 20.4. The van der Waals surface area contributed by atoms with Crippen LogP contribution in [0.5, 0.6) is 0 Å². The first-order valence-electron chi connectivity index (χ1n) is 8.66. The molecule has 0 spiro atoms. The Morgan fingerprint density at radius 1 is 0.759 bits per heavy atom. The number of fused-ring (bicyclic) bond motifs is 1. The van der Waals surface area contributed by atoms with E-state index in [1.807, 2.05) is 6.07 Å².